The van der Waals surface area contributed by atoms with E-state index in [1.807, 2.05) is 24.0 Å². The van der Waals surface area contributed by atoms with Crippen molar-refractivity contribution in [1.29, 1.82) is 0 Å². The molecule has 3 nitrogen and oxygen atoms in total. The first-order valence-electron chi connectivity index (χ1n) is 5.48. The zero-order chi connectivity index (χ0) is 11.5. The van der Waals surface area contributed by atoms with Crippen molar-refractivity contribution in [1.82, 2.24) is 9.88 Å². The van der Waals surface area contributed by atoms with Crippen LogP contribution in [0.25, 0.3) is 0 Å². The summed E-state index contributed by atoms with van der Waals surface area (Å²) < 4.78 is 0. The van der Waals surface area contributed by atoms with Crippen molar-refractivity contribution in [2.24, 2.45) is 5.92 Å². The summed E-state index contributed by atoms with van der Waals surface area (Å²) in [6.45, 7) is 3.49. The molecule has 1 aromatic heterocycles. The highest BCUT2D eigenvalue weighted by atomic mass is 35.5. The molecule has 4 heteroatoms. The number of aromatic nitrogens is 1. The first-order valence-corrected chi connectivity index (χ1v) is 6.02. The fourth-order valence-corrected chi connectivity index (χ4v) is 2.17. The van der Waals surface area contributed by atoms with Crippen molar-refractivity contribution in [3.05, 3.63) is 29.6 Å². The molecule has 86 valence electrons. The van der Waals surface area contributed by atoms with Gasteiger partial charge in [-0.3, -0.25) is 9.78 Å². The van der Waals surface area contributed by atoms with Crippen LogP contribution in [0.4, 0.5) is 0 Å². The van der Waals surface area contributed by atoms with E-state index in [2.05, 4.69) is 4.98 Å². The van der Waals surface area contributed by atoms with Gasteiger partial charge in [-0.2, -0.15) is 0 Å². The standard InChI is InChI=1S/C12H15ClN2O/c1-9-2-3-11(7-14-9)12(16)15-5-4-10(6-13)8-15/h2-3,7,10H,4-6,8H2,1H3. The minimum atomic E-state index is 0.0696. The van der Waals surface area contributed by atoms with Crippen LogP contribution >= 0.6 is 11.6 Å². The highest BCUT2D eigenvalue weighted by Crippen LogP contribution is 2.19. The predicted octanol–water partition coefficient (Wildman–Crippen LogP) is 2.09. The van der Waals surface area contributed by atoms with Crippen molar-refractivity contribution in [2.75, 3.05) is 19.0 Å². The van der Waals surface area contributed by atoms with Crippen LogP contribution in [-0.4, -0.2) is 34.8 Å². The van der Waals surface area contributed by atoms with Gasteiger partial charge in [0.15, 0.2) is 0 Å². The Morgan fingerprint density at radius 3 is 3.00 bits per heavy atom. The summed E-state index contributed by atoms with van der Waals surface area (Å²) in [6.07, 6.45) is 2.65. The van der Waals surface area contributed by atoms with Gasteiger partial charge in [-0.25, -0.2) is 0 Å². The molecule has 1 unspecified atom stereocenters. The predicted molar refractivity (Wildman–Crippen MR) is 63.7 cm³/mol. The molecule has 0 aliphatic carbocycles. The average molecular weight is 239 g/mol. The van der Waals surface area contributed by atoms with Crippen molar-refractivity contribution in [3.63, 3.8) is 0 Å². The molecule has 1 aliphatic heterocycles. The van der Waals surface area contributed by atoms with Crippen LogP contribution in [0, 0.1) is 12.8 Å². The van der Waals surface area contributed by atoms with Gasteiger partial charge in [0.1, 0.15) is 0 Å². The van der Waals surface area contributed by atoms with Gasteiger partial charge in [0.25, 0.3) is 5.91 Å². The van der Waals surface area contributed by atoms with Crippen LogP contribution in [-0.2, 0) is 0 Å². The number of alkyl halides is 1. The Hall–Kier alpha value is -1.09. The number of nitrogens with zero attached hydrogens (tertiary/aromatic N) is 2. The summed E-state index contributed by atoms with van der Waals surface area (Å²) in [6, 6.07) is 3.70. The Morgan fingerprint density at radius 2 is 2.44 bits per heavy atom. The summed E-state index contributed by atoms with van der Waals surface area (Å²) in [5.41, 5.74) is 1.59. The maximum absolute atomic E-state index is 12.1. The molecule has 0 radical (unpaired) electrons. The smallest absolute Gasteiger partial charge is 0.255 e. The lowest BCUT2D eigenvalue weighted by atomic mass is 10.2. The number of hydrogen-bond donors (Lipinski definition) is 0. The van der Waals surface area contributed by atoms with E-state index in [9.17, 15) is 4.79 Å². The van der Waals surface area contributed by atoms with Crippen LogP contribution in [0.1, 0.15) is 22.5 Å². The topological polar surface area (TPSA) is 33.2 Å². The van der Waals surface area contributed by atoms with Gasteiger partial charge in [0.2, 0.25) is 0 Å². The van der Waals surface area contributed by atoms with E-state index in [0.717, 1.165) is 25.2 Å². The van der Waals surface area contributed by atoms with Crippen molar-refractivity contribution in [2.45, 2.75) is 13.3 Å². The fraction of sp³-hybridized carbons (Fsp3) is 0.500. The highest BCUT2D eigenvalue weighted by molar-refractivity contribution is 6.18. The summed E-state index contributed by atoms with van der Waals surface area (Å²) in [5, 5.41) is 0. The molecule has 0 bridgehead atoms. The Kier molecular flexibility index (Phi) is 3.44. The van der Waals surface area contributed by atoms with Gasteiger partial charge in [0.05, 0.1) is 5.56 Å². The van der Waals surface area contributed by atoms with Gasteiger partial charge < -0.3 is 4.90 Å². The Balaban J connectivity index is 2.05. The van der Waals surface area contributed by atoms with Gasteiger partial charge >= 0.3 is 0 Å². The van der Waals surface area contributed by atoms with E-state index in [1.54, 1.807) is 6.20 Å². The molecule has 1 saturated heterocycles. The molecule has 0 spiro atoms. The summed E-state index contributed by atoms with van der Waals surface area (Å²) in [7, 11) is 0. The average Bonchev–Trinajstić information content (AvgIpc) is 2.77. The Morgan fingerprint density at radius 1 is 1.62 bits per heavy atom. The Labute approximate surface area is 100 Å². The lowest BCUT2D eigenvalue weighted by molar-refractivity contribution is 0.0788. The third-order valence-electron chi connectivity index (χ3n) is 2.95. The second-order valence-corrected chi connectivity index (χ2v) is 4.56. The first kappa shape index (κ1) is 11.4. The minimum absolute atomic E-state index is 0.0696. The van der Waals surface area contributed by atoms with Crippen LogP contribution in [0.3, 0.4) is 0 Å². The minimum Gasteiger partial charge on any atom is -0.338 e. The van der Waals surface area contributed by atoms with Gasteiger partial charge in [0, 0.05) is 30.9 Å². The maximum Gasteiger partial charge on any atom is 0.255 e. The summed E-state index contributed by atoms with van der Waals surface area (Å²) in [4.78, 5) is 18.1. The van der Waals surface area contributed by atoms with E-state index in [-0.39, 0.29) is 5.91 Å². The van der Waals surface area contributed by atoms with Gasteiger partial charge in [-0.1, -0.05) is 0 Å². The first-order chi connectivity index (χ1) is 7.70. The number of aryl methyl sites for hydroxylation is 1. The quantitative estimate of drug-likeness (QED) is 0.740. The molecule has 1 aliphatic rings. The second-order valence-electron chi connectivity index (χ2n) is 4.25. The molecule has 0 saturated carbocycles. The molecule has 1 fully saturated rings. The van der Waals surface area contributed by atoms with Crippen LogP contribution in [0.5, 0.6) is 0 Å². The zero-order valence-electron chi connectivity index (χ0n) is 9.32. The molecule has 0 aromatic carbocycles. The molecular formula is C12H15ClN2O. The lowest BCUT2D eigenvalue weighted by Gasteiger charge is -2.15. The number of rotatable bonds is 2. The number of pyridine rings is 1. The zero-order valence-corrected chi connectivity index (χ0v) is 10.1. The highest BCUT2D eigenvalue weighted by Gasteiger charge is 2.26. The van der Waals surface area contributed by atoms with Crippen LogP contribution in [0.2, 0.25) is 0 Å². The van der Waals surface area contributed by atoms with E-state index >= 15 is 0 Å². The normalized spacial score (nSPS) is 20.1. The molecular weight excluding hydrogens is 224 g/mol. The number of hydrogen-bond acceptors (Lipinski definition) is 2. The van der Waals surface area contributed by atoms with E-state index in [4.69, 9.17) is 11.6 Å². The molecule has 16 heavy (non-hydrogen) atoms. The molecule has 2 rings (SSSR count). The van der Waals surface area contributed by atoms with Crippen molar-refractivity contribution >= 4 is 17.5 Å². The number of carbonyl (C=O) groups excluding carboxylic acids is 1. The van der Waals surface area contributed by atoms with Gasteiger partial charge in [-0.05, 0) is 31.4 Å². The lowest BCUT2D eigenvalue weighted by Crippen LogP contribution is -2.29. The van der Waals surface area contributed by atoms with E-state index in [1.165, 1.54) is 0 Å². The molecule has 1 atom stereocenters. The fourth-order valence-electron chi connectivity index (χ4n) is 1.92. The Bertz CT molecular complexity index is 377. The third kappa shape index (κ3) is 2.35. The largest absolute Gasteiger partial charge is 0.338 e. The molecule has 0 N–H and O–H groups in total. The number of carbonyl (C=O) groups is 1. The van der Waals surface area contributed by atoms with Crippen LogP contribution < -0.4 is 0 Å². The maximum atomic E-state index is 12.1. The number of likely N-dealkylation sites (tertiary alicyclic amines) is 1. The number of halogens is 1. The molecule has 2 heterocycles. The third-order valence-corrected chi connectivity index (χ3v) is 3.39. The molecule has 1 amide bonds. The van der Waals surface area contributed by atoms with E-state index < -0.39 is 0 Å². The second kappa shape index (κ2) is 4.83. The monoisotopic (exact) mass is 238 g/mol. The van der Waals surface area contributed by atoms with Crippen molar-refractivity contribution < 1.29 is 4.79 Å². The van der Waals surface area contributed by atoms with E-state index in [0.29, 0.717) is 17.4 Å². The van der Waals surface area contributed by atoms with Gasteiger partial charge in [-0.15, -0.1) is 11.6 Å². The summed E-state index contributed by atoms with van der Waals surface area (Å²) in [5.74, 6) is 1.15. The SMILES string of the molecule is Cc1ccc(C(=O)N2CCC(CCl)C2)cn1. The van der Waals surface area contributed by atoms with Crippen molar-refractivity contribution in [3.8, 4) is 0 Å². The molecule has 1 aromatic rings. The van der Waals surface area contributed by atoms with Crippen LogP contribution in [0.15, 0.2) is 18.3 Å². The number of amides is 1. The summed E-state index contributed by atoms with van der Waals surface area (Å²) >= 11 is 5.79.